The first-order chi connectivity index (χ1) is 14.7. The summed E-state index contributed by atoms with van der Waals surface area (Å²) in [5.41, 5.74) is 3.12. The molecule has 0 aliphatic heterocycles. The Hall–Kier alpha value is -3.59. The van der Waals surface area contributed by atoms with Gasteiger partial charge in [0.15, 0.2) is 0 Å². The number of aromatic hydroxyl groups is 1. The highest BCUT2D eigenvalue weighted by Crippen LogP contribution is 2.26. The molecular weight excluding hydrogens is 418 g/mol. The minimum absolute atomic E-state index is 0.0146. The van der Waals surface area contributed by atoms with Gasteiger partial charge in [-0.1, -0.05) is 30.3 Å². The standard InChI is InChI=1S/C22H23N3O5S/c1-15(25(31(3,28)29)17-9-11-18(30-2)12-10-17)22(27)24-23-14-20-19-7-5-4-6-16(19)8-13-21(20)26/h4-15,26H,1-3H3,(H,24,27). The van der Waals surface area contributed by atoms with Crippen LogP contribution in [-0.2, 0) is 14.8 Å². The molecular formula is C22H23N3O5S. The Morgan fingerprint density at radius 1 is 1.13 bits per heavy atom. The largest absolute Gasteiger partial charge is 0.507 e. The van der Waals surface area contributed by atoms with E-state index < -0.39 is 22.0 Å². The van der Waals surface area contributed by atoms with Gasteiger partial charge in [0.05, 0.1) is 25.3 Å². The van der Waals surface area contributed by atoms with E-state index in [1.807, 2.05) is 24.3 Å². The quantitative estimate of drug-likeness (QED) is 0.433. The van der Waals surface area contributed by atoms with E-state index in [-0.39, 0.29) is 5.75 Å². The molecule has 162 valence electrons. The molecule has 31 heavy (non-hydrogen) atoms. The highest BCUT2D eigenvalue weighted by Gasteiger charge is 2.29. The molecule has 0 saturated carbocycles. The average Bonchev–Trinajstić information content (AvgIpc) is 2.74. The molecule has 1 unspecified atom stereocenters. The summed E-state index contributed by atoms with van der Waals surface area (Å²) in [6, 6.07) is 16.0. The average molecular weight is 442 g/mol. The summed E-state index contributed by atoms with van der Waals surface area (Å²) in [6.07, 6.45) is 2.36. The number of methoxy groups -OCH3 is 1. The molecule has 0 heterocycles. The number of benzene rings is 3. The predicted octanol–water partition coefficient (Wildman–Crippen LogP) is 2.86. The highest BCUT2D eigenvalue weighted by atomic mass is 32.2. The number of sulfonamides is 1. The highest BCUT2D eigenvalue weighted by molar-refractivity contribution is 7.92. The van der Waals surface area contributed by atoms with Crippen LogP contribution in [0.5, 0.6) is 11.5 Å². The number of anilines is 1. The molecule has 9 heteroatoms. The van der Waals surface area contributed by atoms with Crippen molar-refractivity contribution in [1.82, 2.24) is 5.43 Å². The number of phenols is 1. The molecule has 0 radical (unpaired) electrons. The summed E-state index contributed by atoms with van der Waals surface area (Å²) in [5, 5.41) is 15.8. The maximum absolute atomic E-state index is 12.6. The van der Waals surface area contributed by atoms with Gasteiger partial charge in [0, 0.05) is 5.56 Å². The number of hydrazone groups is 1. The molecule has 0 saturated heterocycles. The molecule has 3 aromatic carbocycles. The van der Waals surface area contributed by atoms with Crippen LogP contribution < -0.4 is 14.5 Å². The Morgan fingerprint density at radius 2 is 1.81 bits per heavy atom. The number of nitrogens with one attached hydrogen (secondary N) is 1. The molecule has 0 bridgehead atoms. The molecule has 0 aliphatic rings. The Bertz CT molecular complexity index is 1220. The van der Waals surface area contributed by atoms with Crippen LogP contribution in [-0.4, -0.2) is 45.1 Å². The van der Waals surface area contributed by atoms with Gasteiger partial charge in [0.1, 0.15) is 17.5 Å². The van der Waals surface area contributed by atoms with Crippen molar-refractivity contribution in [2.24, 2.45) is 5.10 Å². The molecule has 2 N–H and O–H groups in total. The van der Waals surface area contributed by atoms with Crippen molar-refractivity contribution in [2.45, 2.75) is 13.0 Å². The van der Waals surface area contributed by atoms with Crippen LogP contribution in [0.25, 0.3) is 10.8 Å². The Morgan fingerprint density at radius 3 is 2.45 bits per heavy atom. The third kappa shape index (κ3) is 4.95. The Labute approximate surface area is 180 Å². The lowest BCUT2D eigenvalue weighted by Gasteiger charge is -2.27. The van der Waals surface area contributed by atoms with Gasteiger partial charge in [-0.15, -0.1) is 0 Å². The molecule has 0 aromatic heterocycles. The minimum Gasteiger partial charge on any atom is -0.507 e. The zero-order valence-electron chi connectivity index (χ0n) is 17.3. The fourth-order valence-corrected chi connectivity index (χ4v) is 4.39. The van der Waals surface area contributed by atoms with Gasteiger partial charge in [-0.05, 0) is 48.0 Å². The van der Waals surface area contributed by atoms with Crippen molar-refractivity contribution in [3.63, 3.8) is 0 Å². The Balaban J connectivity index is 1.82. The molecule has 0 aliphatic carbocycles. The number of phenolic OH excluding ortho intramolecular Hbond substituents is 1. The van der Waals surface area contributed by atoms with Crippen molar-refractivity contribution in [1.29, 1.82) is 0 Å². The van der Waals surface area contributed by atoms with Gasteiger partial charge >= 0.3 is 0 Å². The van der Waals surface area contributed by atoms with E-state index in [0.717, 1.165) is 21.3 Å². The van der Waals surface area contributed by atoms with E-state index in [4.69, 9.17) is 4.74 Å². The van der Waals surface area contributed by atoms with Gasteiger partial charge in [0.25, 0.3) is 5.91 Å². The first-order valence-corrected chi connectivity index (χ1v) is 11.2. The van der Waals surface area contributed by atoms with Crippen molar-refractivity contribution in [3.05, 3.63) is 66.2 Å². The van der Waals surface area contributed by atoms with E-state index in [2.05, 4.69) is 10.5 Å². The van der Waals surface area contributed by atoms with E-state index in [1.165, 1.54) is 20.2 Å². The zero-order valence-corrected chi connectivity index (χ0v) is 18.1. The summed E-state index contributed by atoms with van der Waals surface area (Å²) in [5.74, 6) is -0.0493. The predicted molar refractivity (Wildman–Crippen MR) is 121 cm³/mol. The van der Waals surface area contributed by atoms with Crippen LogP contribution in [0.2, 0.25) is 0 Å². The fraction of sp³-hybridized carbons (Fsp3) is 0.182. The van der Waals surface area contributed by atoms with Crippen LogP contribution in [0.15, 0.2) is 65.8 Å². The number of ether oxygens (including phenoxy) is 1. The van der Waals surface area contributed by atoms with E-state index in [9.17, 15) is 18.3 Å². The van der Waals surface area contributed by atoms with Crippen molar-refractivity contribution in [2.75, 3.05) is 17.7 Å². The van der Waals surface area contributed by atoms with Gasteiger partial charge < -0.3 is 9.84 Å². The molecule has 1 atom stereocenters. The van der Waals surface area contributed by atoms with E-state index in [0.29, 0.717) is 17.0 Å². The van der Waals surface area contributed by atoms with E-state index in [1.54, 1.807) is 36.4 Å². The van der Waals surface area contributed by atoms with Gasteiger partial charge in [-0.25, -0.2) is 13.8 Å². The molecule has 1 amide bonds. The monoisotopic (exact) mass is 441 g/mol. The fourth-order valence-electron chi connectivity index (χ4n) is 3.21. The zero-order chi connectivity index (χ0) is 22.6. The van der Waals surface area contributed by atoms with Gasteiger partial charge in [0.2, 0.25) is 10.0 Å². The summed E-state index contributed by atoms with van der Waals surface area (Å²) in [4.78, 5) is 12.6. The Kier molecular flexibility index (Phi) is 6.45. The summed E-state index contributed by atoms with van der Waals surface area (Å²) in [7, 11) is -2.25. The number of amides is 1. The lowest BCUT2D eigenvalue weighted by Crippen LogP contribution is -2.46. The second-order valence-electron chi connectivity index (χ2n) is 6.89. The molecule has 3 rings (SSSR count). The third-order valence-corrected chi connectivity index (χ3v) is 5.97. The number of hydrogen-bond acceptors (Lipinski definition) is 6. The lowest BCUT2D eigenvalue weighted by atomic mass is 10.0. The topological polar surface area (TPSA) is 108 Å². The van der Waals surface area contributed by atoms with Crippen LogP contribution in [0.4, 0.5) is 5.69 Å². The molecule has 8 nitrogen and oxygen atoms in total. The van der Waals surface area contributed by atoms with Crippen LogP contribution in [0.1, 0.15) is 12.5 Å². The van der Waals surface area contributed by atoms with Crippen molar-refractivity contribution in [3.8, 4) is 11.5 Å². The second kappa shape index (κ2) is 9.05. The van der Waals surface area contributed by atoms with Gasteiger partial charge in [-0.3, -0.25) is 9.10 Å². The molecule has 0 fully saturated rings. The first-order valence-electron chi connectivity index (χ1n) is 9.39. The molecule has 0 spiro atoms. The number of carbonyl (C=O) groups excluding carboxylic acids is 1. The summed E-state index contributed by atoms with van der Waals surface area (Å²) in [6.45, 7) is 1.46. The third-order valence-electron chi connectivity index (χ3n) is 4.73. The van der Waals surface area contributed by atoms with Crippen molar-refractivity contribution >= 4 is 38.6 Å². The van der Waals surface area contributed by atoms with Gasteiger partial charge in [-0.2, -0.15) is 5.10 Å². The minimum atomic E-state index is -3.75. The first kappa shape index (κ1) is 22.1. The number of rotatable bonds is 7. The second-order valence-corrected chi connectivity index (χ2v) is 8.75. The SMILES string of the molecule is COc1ccc(N(C(C)C(=O)NN=Cc2c(O)ccc3ccccc23)S(C)(=O)=O)cc1. The van der Waals surface area contributed by atoms with Crippen molar-refractivity contribution < 1.29 is 23.1 Å². The maximum atomic E-state index is 12.6. The summed E-state index contributed by atoms with van der Waals surface area (Å²) < 4.78 is 30.8. The number of carbonyl (C=O) groups is 1. The summed E-state index contributed by atoms with van der Waals surface area (Å²) >= 11 is 0. The number of nitrogens with zero attached hydrogens (tertiary/aromatic N) is 2. The normalized spacial score (nSPS) is 12.6. The van der Waals surface area contributed by atoms with Crippen LogP contribution in [0.3, 0.4) is 0 Å². The maximum Gasteiger partial charge on any atom is 0.263 e. The number of hydrogen-bond donors (Lipinski definition) is 2. The molecule has 3 aromatic rings. The van der Waals surface area contributed by atoms with E-state index >= 15 is 0 Å². The van der Waals surface area contributed by atoms with Crippen LogP contribution >= 0.6 is 0 Å². The lowest BCUT2D eigenvalue weighted by molar-refractivity contribution is -0.121. The number of fused-ring (bicyclic) bond motifs is 1. The smallest absolute Gasteiger partial charge is 0.263 e. The van der Waals surface area contributed by atoms with Crippen LogP contribution in [0, 0.1) is 0 Å².